The van der Waals surface area contributed by atoms with Crippen LogP contribution in [0.3, 0.4) is 0 Å². The molecule has 5 fully saturated rings. The average Bonchev–Trinajstić information content (AvgIpc) is 0.742. The number of rotatable bonds is 24. The molecule has 3 aromatic rings. The fourth-order valence-corrected chi connectivity index (χ4v) is 20.0. The van der Waals surface area contributed by atoms with Gasteiger partial charge < -0.3 is 29.4 Å². The van der Waals surface area contributed by atoms with Crippen LogP contribution in [-0.2, 0) is 11.1 Å². The van der Waals surface area contributed by atoms with Crippen LogP contribution in [0, 0.1) is 0 Å². The minimum Gasteiger partial charge on any atom is -0.347 e. The maximum atomic E-state index is 6.44. The van der Waals surface area contributed by atoms with E-state index in [1.807, 2.05) is 64.0 Å². The second kappa shape index (κ2) is 29.0. The second-order valence-electron chi connectivity index (χ2n) is 39.6. The SMILES string of the molecule is C=[N+](C)c1nc(N(C)C)nc(N(CN(C2CC(C)(C)N(C)C(C)(C)C2)C(CC)(CC)c2nc(N(C)C3CC(C)(C)N(C)C(C)(C)C3)nc(N(CN(C3CC(C)(C)N(C)C(C)(C)C3)C(CC)(CC)c3nc(N(C)C)nc(N(C)C)n3)C3CC(C)(C)N(C)C(C)(C)C3)n2)C2CC(C)(C)N(C)C(C)(C)C2)n1. The van der Waals surface area contributed by atoms with Gasteiger partial charge >= 0.3 is 17.8 Å². The first-order valence-electron chi connectivity index (χ1n) is 39.3. The van der Waals surface area contributed by atoms with E-state index in [1.165, 1.54) is 0 Å². The molecule has 0 radical (unpaired) electrons. The van der Waals surface area contributed by atoms with Gasteiger partial charge in [-0.05, 0) is 274 Å². The highest BCUT2D eigenvalue weighted by atomic mass is 15.5. The zero-order valence-corrected chi connectivity index (χ0v) is 72.7. The van der Waals surface area contributed by atoms with E-state index in [2.05, 4.69) is 264 Å². The lowest BCUT2D eigenvalue weighted by Gasteiger charge is -2.60. The lowest BCUT2D eigenvalue weighted by atomic mass is 9.74. The Morgan fingerprint density at radius 1 is 0.330 bits per heavy atom. The van der Waals surface area contributed by atoms with Gasteiger partial charge in [0.2, 0.25) is 23.8 Å². The minimum atomic E-state index is -0.783. The van der Waals surface area contributed by atoms with Crippen LogP contribution in [-0.4, -0.2) is 281 Å². The Hall–Kier alpha value is -4.78. The molecule has 0 aromatic carbocycles. The lowest BCUT2D eigenvalue weighted by molar-refractivity contribution is -0.403. The van der Waals surface area contributed by atoms with E-state index in [0.29, 0.717) is 49.0 Å². The molecule has 5 aliphatic heterocycles. The molecule has 5 saturated heterocycles. The van der Waals surface area contributed by atoms with Crippen LogP contribution in [0.15, 0.2) is 0 Å². The molecule has 0 atom stereocenters. The van der Waals surface area contributed by atoms with Crippen molar-refractivity contribution in [2.24, 2.45) is 0 Å². The Kier molecular flexibility index (Phi) is 23.6. The van der Waals surface area contributed by atoms with Crippen molar-refractivity contribution in [2.45, 2.75) is 353 Å². The molecule has 0 spiro atoms. The molecule has 584 valence electrons. The van der Waals surface area contributed by atoms with Crippen LogP contribution in [0.4, 0.5) is 41.6 Å². The van der Waals surface area contributed by atoms with Crippen molar-refractivity contribution < 1.29 is 4.58 Å². The van der Waals surface area contributed by atoms with E-state index < -0.39 is 11.1 Å². The Morgan fingerprint density at radius 2 is 0.544 bits per heavy atom. The monoisotopic (exact) mass is 1430 g/mol. The number of anilines is 6. The predicted octanol–water partition coefficient (Wildman–Crippen LogP) is 12.7. The van der Waals surface area contributed by atoms with Crippen LogP contribution in [0.1, 0.15) is 268 Å². The molecule has 0 bridgehead atoms. The maximum Gasteiger partial charge on any atom is 0.439 e. The predicted molar refractivity (Wildman–Crippen MR) is 431 cm³/mol. The summed E-state index contributed by atoms with van der Waals surface area (Å²) in [5, 5.41) is 0. The van der Waals surface area contributed by atoms with Crippen LogP contribution in [0.5, 0.6) is 0 Å². The molecule has 0 N–H and O–H groups in total. The first-order chi connectivity index (χ1) is 47.0. The van der Waals surface area contributed by atoms with Crippen molar-refractivity contribution in [3.05, 3.63) is 11.6 Å². The van der Waals surface area contributed by atoms with Crippen molar-refractivity contribution in [1.82, 2.24) is 79.2 Å². The highest BCUT2D eigenvalue weighted by Crippen LogP contribution is 2.51. The highest BCUT2D eigenvalue weighted by molar-refractivity contribution is 5.46. The first-order valence-corrected chi connectivity index (χ1v) is 39.3. The summed E-state index contributed by atoms with van der Waals surface area (Å²) in [4.78, 5) is 83.8. The molecule has 0 saturated carbocycles. The van der Waals surface area contributed by atoms with Gasteiger partial charge in [-0.15, -0.1) is 4.98 Å². The van der Waals surface area contributed by atoms with Gasteiger partial charge in [0, 0.05) is 142 Å². The maximum absolute atomic E-state index is 6.44. The van der Waals surface area contributed by atoms with E-state index in [9.17, 15) is 0 Å². The average molecular weight is 1430 g/mol. The van der Waals surface area contributed by atoms with Crippen LogP contribution in [0.25, 0.3) is 0 Å². The Balaban J connectivity index is 1.54. The van der Waals surface area contributed by atoms with Gasteiger partial charge in [0.1, 0.15) is 0 Å². The number of piperidine rings is 5. The molecule has 5 aliphatic rings. The topological polar surface area (TPSA) is 161 Å². The summed E-state index contributed by atoms with van der Waals surface area (Å²) >= 11 is 0. The Bertz CT molecular complexity index is 3310. The molecule has 23 nitrogen and oxygen atoms in total. The molecule has 0 aliphatic carbocycles. The molecule has 8 rings (SSSR count). The third-order valence-corrected chi connectivity index (χ3v) is 27.8. The van der Waals surface area contributed by atoms with Crippen molar-refractivity contribution >= 4 is 48.4 Å². The molecule has 0 amide bonds. The normalized spacial score (nSPS) is 23.6. The lowest BCUT2D eigenvalue weighted by Crippen LogP contribution is -2.68. The molecular weight excluding hydrogens is 1280 g/mol. The summed E-state index contributed by atoms with van der Waals surface area (Å²) < 4.78 is 1.78. The third-order valence-electron chi connectivity index (χ3n) is 27.8. The second-order valence-corrected chi connectivity index (χ2v) is 39.6. The zero-order valence-electron chi connectivity index (χ0n) is 72.7. The van der Waals surface area contributed by atoms with Crippen LogP contribution < -0.4 is 29.4 Å². The van der Waals surface area contributed by atoms with E-state index in [0.717, 1.165) is 107 Å². The number of hydrogen-bond acceptors (Lipinski definition) is 22. The fourth-order valence-electron chi connectivity index (χ4n) is 20.0. The largest absolute Gasteiger partial charge is 0.439 e. The van der Waals surface area contributed by atoms with Crippen LogP contribution in [0.2, 0.25) is 0 Å². The van der Waals surface area contributed by atoms with Crippen molar-refractivity contribution in [1.29, 1.82) is 0 Å². The number of hydrogen-bond donors (Lipinski definition) is 0. The van der Waals surface area contributed by atoms with Crippen molar-refractivity contribution in [2.75, 3.05) is 134 Å². The van der Waals surface area contributed by atoms with Crippen molar-refractivity contribution in [3.8, 4) is 0 Å². The Morgan fingerprint density at radius 3 is 0.816 bits per heavy atom. The summed E-state index contributed by atoms with van der Waals surface area (Å²) in [5.41, 5.74) is -3.14. The highest BCUT2D eigenvalue weighted by Gasteiger charge is 2.57. The van der Waals surface area contributed by atoms with E-state index in [-0.39, 0.29) is 85.6 Å². The molecular formula is C80H150N23+. The summed E-state index contributed by atoms with van der Waals surface area (Å²) in [7, 11) is 28.1. The summed E-state index contributed by atoms with van der Waals surface area (Å²) in [6, 6.07) is 0.237. The molecule has 23 heteroatoms. The van der Waals surface area contributed by atoms with Crippen LogP contribution >= 0.6 is 0 Å². The Labute approximate surface area is 627 Å². The third kappa shape index (κ3) is 16.2. The van der Waals surface area contributed by atoms with E-state index in [4.69, 9.17) is 44.9 Å². The molecule has 3 aromatic heterocycles. The van der Waals surface area contributed by atoms with Gasteiger partial charge in [0.05, 0.1) is 31.5 Å². The van der Waals surface area contributed by atoms with Gasteiger partial charge in [0.25, 0.3) is 0 Å². The van der Waals surface area contributed by atoms with Gasteiger partial charge in [-0.2, -0.15) is 29.9 Å². The van der Waals surface area contributed by atoms with Crippen molar-refractivity contribution in [3.63, 3.8) is 0 Å². The zero-order chi connectivity index (χ0) is 77.8. The quantitative estimate of drug-likeness (QED) is 0.0473. The number of likely N-dealkylation sites (tertiary alicyclic amines) is 5. The summed E-state index contributed by atoms with van der Waals surface area (Å²) in [6.07, 6.45) is 12.0. The first kappa shape index (κ1) is 83.9. The standard InChI is InChI=1S/C80H150N23/c1-39-79(40-2,60-81-62(90(25)26)85-63(82-60)91(27)28)102(58-49-75(17,18)98(37)76(19,20)50-58)53-100(56-45-71(9,10)96(35)72(11,12)46-56)67-84-61(83-66(89-67)94(33)55-43-69(5,6)95(34)70(7,8)44-55)80(41-3,42-4)103(59-51-77(21,22)99(38)78(23,24)52-59)54-101(57-47-73(13,14)97(36)74(15,16)48-57)68-87-64(92(29)30)86-65(88-68)93(31)32/h55-59H,29,39-54H2,1-28,30-38H3/q+1. The van der Waals surface area contributed by atoms with Gasteiger partial charge in [-0.25, -0.2) is 4.58 Å². The smallest absolute Gasteiger partial charge is 0.347 e. The van der Waals surface area contributed by atoms with Gasteiger partial charge in [-0.1, -0.05) is 27.7 Å². The summed E-state index contributed by atoms with van der Waals surface area (Å²) in [5.74, 6) is 6.10. The number of nitrogens with zero attached hydrogens (tertiary/aromatic N) is 23. The van der Waals surface area contributed by atoms with Gasteiger partial charge in [0.15, 0.2) is 11.6 Å². The molecule has 0 unspecified atom stereocenters. The number of aromatic nitrogens is 9. The molecule has 8 heterocycles. The summed E-state index contributed by atoms with van der Waals surface area (Å²) in [6.45, 7) is 63.7. The fraction of sp³-hybridized carbons (Fsp3) is 0.875. The van der Waals surface area contributed by atoms with E-state index in [1.54, 1.807) is 4.58 Å². The molecule has 103 heavy (non-hydrogen) atoms. The van der Waals surface area contributed by atoms with E-state index >= 15 is 0 Å². The van der Waals surface area contributed by atoms with Gasteiger partial charge in [-0.3, -0.25) is 34.3 Å². The minimum absolute atomic E-state index is 0.0176.